The van der Waals surface area contributed by atoms with Crippen LogP contribution in [0, 0.1) is 5.92 Å². The minimum absolute atomic E-state index is 0.0461. The number of alkyl halides is 2. The van der Waals surface area contributed by atoms with Crippen molar-refractivity contribution in [2.45, 2.75) is 75.9 Å². The first-order valence-corrected chi connectivity index (χ1v) is 20.2. The smallest absolute Gasteiger partial charge is 0.261 e. The molecule has 1 unspecified atom stereocenters. The van der Waals surface area contributed by atoms with Crippen LogP contribution in [0.4, 0.5) is 20.3 Å². The van der Waals surface area contributed by atoms with Gasteiger partial charge in [-0.1, -0.05) is 31.9 Å². The minimum Gasteiger partial charge on any atom is -0.497 e. The summed E-state index contributed by atoms with van der Waals surface area (Å²) in [6.45, 7) is 1.39. The second kappa shape index (κ2) is 17.4. The Bertz CT molecular complexity index is 2100. The Hall–Kier alpha value is -5.02. The number of carbonyl (C=O) groups excluding carboxylic acids is 1. The van der Waals surface area contributed by atoms with Gasteiger partial charge in [-0.15, -0.1) is 0 Å². The number of rotatable bonds is 13. The van der Waals surface area contributed by atoms with Gasteiger partial charge in [0.25, 0.3) is 21.9 Å². The molecule has 0 saturated carbocycles. The molecule has 2 aliphatic rings. The highest BCUT2D eigenvalue weighted by molar-refractivity contribution is 7.89. The molecule has 3 heterocycles. The molecule has 1 N–H and O–H groups in total. The van der Waals surface area contributed by atoms with Crippen LogP contribution in [0.5, 0.6) is 23.0 Å². The minimum atomic E-state index is -4.36. The lowest BCUT2D eigenvalue weighted by molar-refractivity contribution is -0.0652. The summed E-state index contributed by atoms with van der Waals surface area (Å²) in [5, 5.41) is 2.56. The van der Waals surface area contributed by atoms with Crippen molar-refractivity contribution in [2.75, 3.05) is 51.7 Å². The van der Waals surface area contributed by atoms with Gasteiger partial charge in [-0.3, -0.25) is 4.79 Å². The highest BCUT2D eigenvalue weighted by atomic mass is 32.2. The number of sulfonamides is 1. The van der Waals surface area contributed by atoms with Crippen molar-refractivity contribution >= 4 is 27.4 Å². The van der Waals surface area contributed by atoms with Crippen LogP contribution in [0.15, 0.2) is 65.8 Å². The maximum absolute atomic E-state index is 14.6. The number of anilines is 2. The molecule has 1 saturated heterocycles. The summed E-state index contributed by atoms with van der Waals surface area (Å²) in [5.74, 6) is -1.98. The monoisotopic (exact) mass is 793 g/mol. The fourth-order valence-electron chi connectivity index (χ4n) is 7.19. The van der Waals surface area contributed by atoms with E-state index in [-0.39, 0.29) is 48.9 Å². The molecule has 12 nitrogen and oxygen atoms in total. The number of piperidine rings is 1. The van der Waals surface area contributed by atoms with E-state index in [4.69, 9.17) is 23.9 Å². The van der Waals surface area contributed by atoms with Gasteiger partial charge < -0.3 is 29.2 Å². The van der Waals surface area contributed by atoms with Gasteiger partial charge >= 0.3 is 0 Å². The first-order chi connectivity index (χ1) is 26.9. The second-order valence-electron chi connectivity index (χ2n) is 14.2. The van der Waals surface area contributed by atoms with Crippen molar-refractivity contribution in [3.8, 4) is 23.0 Å². The summed E-state index contributed by atoms with van der Waals surface area (Å²) in [5.41, 5.74) is 3.42. The van der Waals surface area contributed by atoms with E-state index in [0.29, 0.717) is 39.9 Å². The van der Waals surface area contributed by atoms with Gasteiger partial charge in [-0.25, -0.2) is 27.2 Å². The number of nitrogens with one attached hydrogen (secondary N) is 1. The molecule has 15 heteroatoms. The Kier molecular flexibility index (Phi) is 12.6. The molecule has 0 bridgehead atoms. The summed E-state index contributed by atoms with van der Waals surface area (Å²) in [7, 11) is 1.68. The molecule has 2 aromatic carbocycles. The van der Waals surface area contributed by atoms with Crippen molar-refractivity contribution in [3.63, 3.8) is 0 Å². The number of amides is 1. The number of fused-ring (bicyclic) bond motifs is 1. The lowest BCUT2D eigenvalue weighted by Gasteiger charge is -2.38. The van der Waals surface area contributed by atoms with Crippen molar-refractivity contribution in [1.82, 2.24) is 14.3 Å². The van der Waals surface area contributed by atoms with Crippen LogP contribution in [0.3, 0.4) is 0 Å². The molecular weight excluding hydrogens is 745 g/mol. The molecule has 2 aromatic heterocycles. The molecule has 1 aliphatic carbocycles. The number of methoxy groups -OCH3 is 4. The summed E-state index contributed by atoms with van der Waals surface area (Å²) in [4.78, 5) is 25.2. The van der Waals surface area contributed by atoms with E-state index in [1.807, 2.05) is 6.07 Å². The zero-order valence-corrected chi connectivity index (χ0v) is 33.3. The first kappa shape index (κ1) is 40.6. The predicted molar refractivity (Wildman–Crippen MR) is 209 cm³/mol. The number of halogens is 2. The van der Waals surface area contributed by atoms with Crippen LogP contribution in [-0.4, -0.2) is 76.0 Å². The molecule has 0 radical (unpaired) electrons. The fourth-order valence-corrected chi connectivity index (χ4v) is 8.55. The van der Waals surface area contributed by atoms with Crippen LogP contribution in [0.1, 0.15) is 71.8 Å². The Labute approximate surface area is 327 Å². The number of ether oxygens (including phenoxy) is 4. The normalized spacial score (nSPS) is 17.0. The zero-order chi connectivity index (χ0) is 40.0. The maximum atomic E-state index is 14.6. The molecule has 6 rings (SSSR count). The Morgan fingerprint density at radius 1 is 0.875 bits per heavy atom. The van der Waals surface area contributed by atoms with Crippen molar-refractivity contribution in [2.24, 2.45) is 5.92 Å². The van der Waals surface area contributed by atoms with Crippen LogP contribution < -0.4 is 29.2 Å². The van der Waals surface area contributed by atoms with Gasteiger partial charge in [-0.05, 0) is 55.5 Å². The Morgan fingerprint density at radius 2 is 1.50 bits per heavy atom. The standard InChI is InChI=1S/C41H49F2N5O7S/c1-27-24-47(19-17-41(27,42)43)39-34(20-28-10-8-6-7-9-11-35(28)46-39)40(49)45-31-16-18-44-38(21-31)56(50,51)48(25-29-12-14-32(52-2)22-36(29)54-4)26-30-13-15-33(53-3)23-37(30)55-5/h12-16,18,20-23,27H,6-11,17,19,24-26H2,1-5H3,(H,44,45,49). The van der Waals surface area contributed by atoms with E-state index in [9.17, 15) is 22.0 Å². The van der Waals surface area contributed by atoms with E-state index in [0.717, 1.165) is 49.8 Å². The Balaban J connectivity index is 1.35. The van der Waals surface area contributed by atoms with Gasteiger partial charge in [0, 0.05) is 85.4 Å². The predicted octanol–water partition coefficient (Wildman–Crippen LogP) is 7.29. The van der Waals surface area contributed by atoms with Crippen molar-refractivity contribution in [3.05, 3.63) is 88.7 Å². The van der Waals surface area contributed by atoms with E-state index < -0.39 is 27.8 Å². The lowest BCUT2D eigenvalue weighted by Crippen LogP contribution is -2.46. The largest absolute Gasteiger partial charge is 0.497 e. The first-order valence-electron chi connectivity index (χ1n) is 18.7. The molecule has 1 fully saturated rings. The van der Waals surface area contributed by atoms with Crippen molar-refractivity contribution in [1.29, 1.82) is 0 Å². The third-order valence-corrected chi connectivity index (χ3v) is 12.2. The molecule has 1 amide bonds. The average Bonchev–Trinajstić information content (AvgIpc) is 3.19. The van der Waals surface area contributed by atoms with Crippen LogP contribution in [0.2, 0.25) is 0 Å². The van der Waals surface area contributed by atoms with Gasteiger partial charge in [0.15, 0.2) is 5.03 Å². The van der Waals surface area contributed by atoms with E-state index >= 15 is 0 Å². The summed E-state index contributed by atoms with van der Waals surface area (Å²) < 4.78 is 81.5. The molecule has 1 aliphatic heterocycles. The van der Waals surface area contributed by atoms with Gasteiger partial charge in [0.1, 0.15) is 28.8 Å². The van der Waals surface area contributed by atoms with E-state index in [1.54, 1.807) is 41.3 Å². The third kappa shape index (κ3) is 8.99. The van der Waals surface area contributed by atoms with E-state index in [2.05, 4.69) is 10.3 Å². The quantitative estimate of drug-likeness (QED) is 0.147. The number of aromatic nitrogens is 2. The fraction of sp³-hybridized carbons (Fsp3) is 0.439. The van der Waals surface area contributed by atoms with Gasteiger partial charge in [0.05, 0.1) is 34.0 Å². The average molecular weight is 794 g/mol. The molecule has 0 spiro atoms. The van der Waals surface area contributed by atoms with E-state index in [1.165, 1.54) is 58.0 Å². The summed E-state index contributed by atoms with van der Waals surface area (Å²) >= 11 is 0. The molecule has 300 valence electrons. The number of benzene rings is 2. The molecule has 1 atom stereocenters. The topological polar surface area (TPSA) is 132 Å². The number of hydrogen-bond donors (Lipinski definition) is 1. The van der Waals surface area contributed by atoms with Crippen LogP contribution in [-0.2, 0) is 36.0 Å². The number of nitrogens with zero attached hydrogens (tertiary/aromatic N) is 4. The molecule has 4 aromatic rings. The summed E-state index contributed by atoms with van der Waals surface area (Å²) in [6, 6.07) is 14.9. The second-order valence-corrected chi connectivity index (χ2v) is 16.1. The van der Waals surface area contributed by atoms with Crippen LogP contribution >= 0.6 is 0 Å². The number of hydrogen-bond acceptors (Lipinski definition) is 10. The van der Waals surface area contributed by atoms with Gasteiger partial charge in [0.2, 0.25) is 0 Å². The Morgan fingerprint density at radius 3 is 2.09 bits per heavy atom. The summed E-state index contributed by atoms with van der Waals surface area (Å²) in [6.07, 6.45) is 6.54. The van der Waals surface area contributed by atoms with Crippen molar-refractivity contribution < 1.29 is 40.9 Å². The zero-order valence-electron chi connectivity index (χ0n) is 32.4. The molecule has 56 heavy (non-hydrogen) atoms. The number of aryl methyl sites for hydroxylation is 2. The number of carbonyl (C=O) groups is 1. The van der Waals surface area contributed by atoms with Gasteiger partial charge in [-0.2, -0.15) is 4.31 Å². The SMILES string of the molecule is COc1ccc(CN(Cc2ccc(OC)cc2OC)S(=O)(=O)c2cc(NC(=O)c3cc4c(nc3N3CCC(F)(F)C(C)C3)CCCCCC4)ccn2)c(OC)c1. The maximum Gasteiger partial charge on any atom is 0.261 e. The number of pyridine rings is 2. The lowest BCUT2D eigenvalue weighted by atomic mass is 9.93. The van der Waals surface area contributed by atoms with Crippen LogP contribution in [0.25, 0.3) is 0 Å². The molecular formula is C41H49F2N5O7S. The highest BCUT2D eigenvalue weighted by Gasteiger charge is 2.42. The highest BCUT2D eigenvalue weighted by Crippen LogP contribution is 2.37. The third-order valence-electron chi connectivity index (χ3n) is 10.5.